The Labute approximate surface area is 122 Å². The lowest BCUT2D eigenvalue weighted by Crippen LogP contribution is -2.29. The van der Waals surface area contributed by atoms with Crippen LogP contribution in [0.3, 0.4) is 0 Å². The second-order valence-corrected chi connectivity index (χ2v) is 6.46. The van der Waals surface area contributed by atoms with E-state index < -0.39 is 0 Å². The van der Waals surface area contributed by atoms with E-state index in [1.165, 1.54) is 10.4 Å². The number of rotatable bonds is 2. The standard InChI is InChI=1S/C14H18N4OS/c1-9-4-7-20-12(9)13-16-14-15-5-2-11(18(14)17-13)10-3-6-19-8-10/h4,7,10-11H,2-3,5-6,8H2,1H3,(H,15,16,17). The van der Waals surface area contributed by atoms with Gasteiger partial charge in [0.25, 0.3) is 0 Å². The van der Waals surface area contributed by atoms with Gasteiger partial charge in [0.05, 0.1) is 17.5 Å². The third-order valence-corrected chi connectivity index (χ3v) is 5.26. The molecule has 6 heteroatoms. The van der Waals surface area contributed by atoms with E-state index in [1.807, 2.05) is 0 Å². The molecule has 2 aliphatic heterocycles. The molecule has 1 fully saturated rings. The summed E-state index contributed by atoms with van der Waals surface area (Å²) in [4.78, 5) is 5.86. The second-order valence-electron chi connectivity index (χ2n) is 5.54. The molecule has 0 amide bonds. The van der Waals surface area contributed by atoms with Crippen molar-refractivity contribution in [3.8, 4) is 10.7 Å². The van der Waals surface area contributed by atoms with E-state index in [2.05, 4.69) is 33.4 Å². The first-order chi connectivity index (χ1) is 9.83. The van der Waals surface area contributed by atoms with Crippen LogP contribution in [0.1, 0.15) is 24.4 Å². The molecule has 106 valence electrons. The maximum atomic E-state index is 5.54. The van der Waals surface area contributed by atoms with E-state index in [1.54, 1.807) is 11.3 Å². The van der Waals surface area contributed by atoms with E-state index in [0.717, 1.165) is 44.4 Å². The molecule has 1 saturated heterocycles. The first-order valence-corrected chi connectivity index (χ1v) is 8.03. The fourth-order valence-corrected chi connectivity index (χ4v) is 3.97. The van der Waals surface area contributed by atoms with Crippen LogP contribution in [0.4, 0.5) is 5.95 Å². The molecule has 0 bridgehead atoms. The molecule has 2 aromatic heterocycles. The quantitative estimate of drug-likeness (QED) is 0.924. The lowest BCUT2D eigenvalue weighted by atomic mass is 9.95. The minimum absolute atomic E-state index is 0.426. The summed E-state index contributed by atoms with van der Waals surface area (Å²) < 4.78 is 7.64. The molecular formula is C14H18N4OS. The van der Waals surface area contributed by atoms with Crippen LogP contribution in [0, 0.1) is 12.8 Å². The zero-order chi connectivity index (χ0) is 13.5. The van der Waals surface area contributed by atoms with Crippen LogP contribution < -0.4 is 5.32 Å². The Hall–Kier alpha value is -1.40. The number of ether oxygens (including phenoxy) is 1. The Morgan fingerprint density at radius 1 is 1.45 bits per heavy atom. The zero-order valence-corrected chi connectivity index (χ0v) is 12.3. The predicted octanol–water partition coefficient (Wildman–Crippen LogP) is 2.71. The van der Waals surface area contributed by atoms with Crippen LogP contribution in [-0.2, 0) is 4.74 Å². The van der Waals surface area contributed by atoms with E-state index in [-0.39, 0.29) is 0 Å². The molecule has 0 aromatic carbocycles. The number of aromatic nitrogens is 3. The molecule has 0 aliphatic carbocycles. The van der Waals surface area contributed by atoms with Crippen molar-refractivity contribution in [2.75, 3.05) is 25.1 Å². The maximum Gasteiger partial charge on any atom is 0.222 e. The number of fused-ring (bicyclic) bond motifs is 1. The van der Waals surface area contributed by atoms with Gasteiger partial charge in [0, 0.05) is 19.1 Å². The first-order valence-electron chi connectivity index (χ1n) is 7.15. The van der Waals surface area contributed by atoms with Crippen molar-refractivity contribution in [1.29, 1.82) is 0 Å². The van der Waals surface area contributed by atoms with Crippen LogP contribution in [0.25, 0.3) is 10.7 Å². The van der Waals surface area contributed by atoms with Gasteiger partial charge in [-0.05, 0) is 36.8 Å². The van der Waals surface area contributed by atoms with Crippen molar-refractivity contribution in [3.63, 3.8) is 0 Å². The number of thiophene rings is 1. The maximum absolute atomic E-state index is 5.54. The lowest BCUT2D eigenvalue weighted by Gasteiger charge is -2.28. The van der Waals surface area contributed by atoms with E-state index in [4.69, 9.17) is 9.84 Å². The molecule has 2 atom stereocenters. The van der Waals surface area contributed by atoms with Gasteiger partial charge >= 0.3 is 0 Å². The first kappa shape index (κ1) is 12.3. The third-order valence-electron chi connectivity index (χ3n) is 4.24. The van der Waals surface area contributed by atoms with Gasteiger partial charge in [0.1, 0.15) is 0 Å². The summed E-state index contributed by atoms with van der Waals surface area (Å²) in [6.45, 7) is 4.83. The van der Waals surface area contributed by atoms with Gasteiger partial charge < -0.3 is 10.1 Å². The van der Waals surface area contributed by atoms with E-state index in [9.17, 15) is 0 Å². The minimum Gasteiger partial charge on any atom is -0.381 e. The largest absolute Gasteiger partial charge is 0.381 e. The molecule has 1 N–H and O–H groups in total. The van der Waals surface area contributed by atoms with Crippen molar-refractivity contribution in [2.24, 2.45) is 5.92 Å². The summed E-state index contributed by atoms with van der Waals surface area (Å²) in [7, 11) is 0. The summed E-state index contributed by atoms with van der Waals surface area (Å²) in [5.41, 5.74) is 1.25. The van der Waals surface area contributed by atoms with Gasteiger partial charge in [-0.1, -0.05) is 0 Å². The van der Waals surface area contributed by atoms with E-state index in [0.29, 0.717) is 12.0 Å². The average molecular weight is 290 g/mol. The second kappa shape index (κ2) is 4.86. The molecule has 0 spiro atoms. The van der Waals surface area contributed by atoms with Crippen molar-refractivity contribution in [3.05, 3.63) is 17.0 Å². The fraction of sp³-hybridized carbons (Fsp3) is 0.571. The van der Waals surface area contributed by atoms with Gasteiger partial charge in [-0.2, -0.15) is 4.98 Å². The Morgan fingerprint density at radius 3 is 3.15 bits per heavy atom. The highest BCUT2D eigenvalue weighted by molar-refractivity contribution is 7.13. The molecule has 2 aromatic rings. The molecule has 4 rings (SSSR count). The van der Waals surface area contributed by atoms with Crippen molar-refractivity contribution in [2.45, 2.75) is 25.8 Å². The van der Waals surface area contributed by atoms with Gasteiger partial charge in [0.15, 0.2) is 5.82 Å². The Bertz CT molecular complexity index is 614. The number of anilines is 1. The van der Waals surface area contributed by atoms with Gasteiger partial charge in [-0.3, -0.25) is 0 Å². The van der Waals surface area contributed by atoms with Crippen molar-refractivity contribution >= 4 is 17.3 Å². The highest BCUT2D eigenvalue weighted by Gasteiger charge is 2.32. The Morgan fingerprint density at radius 2 is 2.40 bits per heavy atom. The normalized spacial score (nSPS) is 25.4. The number of aryl methyl sites for hydroxylation is 1. The zero-order valence-electron chi connectivity index (χ0n) is 11.5. The molecular weight excluding hydrogens is 272 g/mol. The smallest absolute Gasteiger partial charge is 0.222 e. The number of hydrogen-bond acceptors (Lipinski definition) is 5. The number of hydrogen-bond donors (Lipinski definition) is 1. The summed E-state index contributed by atoms with van der Waals surface area (Å²) in [6, 6.07) is 2.55. The van der Waals surface area contributed by atoms with Crippen LogP contribution >= 0.6 is 11.3 Å². The summed E-state index contributed by atoms with van der Waals surface area (Å²) in [6.07, 6.45) is 2.24. The molecule has 2 aliphatic rings. The van der Waals surface area contributed by atoms with Crippen LogP contribution in [0.15, 0.2) is 11.4 Å². The molecule has 5 nitrogen and oxygen atoms in total. The summed E-state index contributed by atoms with van der Waals surface area (Å²) in [5.74, 6) is 2.34. The Kier molecular flexibility index (Phi) is 3.00. The monoisotopic (exact) mass is 290 g/mol. The molecule has 0 saturated carbocycles. The van der Waals surface area contributed by atoms with Crippen LogP contribution in [-0.4, -0.2) is 34.5 Å². The molecule has 2 unspecified atom stereocenters. The molecule has 0 radical (unpaired) electrons. The van der Waals surface area contributed by atoms with Gasteiger partial charge in [-0.15, -0.1) is 16.4 Å². The highest BCUT2D eigenvalue weighted by atomic mass is 32.1. The fourth-order valence-electron chi connectivity index (χ4n) is 3.12. The third kappa shape index (κ3) is 1.94. The minimum atomic E-state index is 0.426. The molecule has 20 heavy (non-hydrogen) atoms. The van der Waals surface area contributed by atoms with Crippen LogP contribution in [0.5, 0.6) is 0 Å². The predicted molar refractivity (Wildman–Crippen MR) is 79.1 cm³/mol. The van der Waals surface area contributed by atoms with Crippen LogP contribution in [0.2, 0.25) is 0 Å². The number of nitrogens with zero attached hydrogens (tertiary/aromatic N) is 3. The van der Waals surface area contributed by atoms with Gasteiger partial charge in [0.2, 0.25) is 5.95 Å². The average Bonchev–Trinajstić information content (AvgIpc) is 3.17. The summed E-state index contributed by atoms with van der Waals surface area (Å²) >= 11 is 1.71. The van der Waals surface area contributed by atoms with Crippen molar-refractivity contribution < 1.29 is 4.74 Å². The topological polar surface area (TPSA) is 52.0 Å². The lowest BCUT2D eigenvalue weighted by molar-refractivity contribution is 0.167. The van der Waals surface area contributed by atoms with E-state index >= 15 is 0 Å². The SMILES string of the molecule is Cc1ccsc1-c1nc2n(n1)C(C1CCOC1)CCN2. The van der Waals surface area contributed by atoms with Crippen molar-refractivity contribution in [1.82, 2.24) is 14.8 Å². The summed E-state index contributed by atoms with van der Waals surface area (Å²) in [5, 5.41) is 10.2. The number of nitrogens with one attached hydrogen (secondary N) is 1. The molecule has 4 heterocycles. The highest BCUT2D eigenvalue weighted by Crippen LogP contribution is 2.35. The van der Waals surface area contributed by atoms with Gasteiger partial charge in [-0.25, -0.2) is 4.68 Å². The Balaban J connectivity index is 1.71.